The van der Waals surface area contributed by atoms with Crippen molar-refractivity contribution in [3.63, 3.8) is 0 Å². The lowest BCUT2D eigenvalue weighted by atomic mass is 9.74. The van der Waals surface area contributed by atoms with E-state index in [1.807, 2.05) is 6.92 Å². The van der Waals surface area contributed by atoms with Gasteiger partial charge in [-0.15, -0.1) is 0 Å². The second kappa shape index (κ2) is 4.44. The molecule has 0 bridgehead atoms. The molecule has 2 N–H and O–H groups in total. The van der Waals surface area contributed by atoms with Crippen LogP contribution in [0.25, 0.3) is 0 Å². The standard InChI is InChI=1S/C10H16O4/c1-2-6-3-7(9(11)12)5-8(4-6)10(13)14/h6-8H,2-5H2,1H3,(H,11,12)(H,13,14)/t6?,7-,8+. The summed E-state index contributed by atoms with van der Waals surface area (Å²) in [6, 6.07) is 0. The van der Waals surface area contributed by atoms with Crippen LogP contribution >= 0.6 is 0 Å². The Hall–Kier alpha value is -1.06. The summed E-state index contributed by atoms with van der Waals surface area (Å²) in [5.74, 6) is -2.38. The first-order valence-corrected chi connectivity index (χ1v) is 5.00. The van der Waals surface area contributed by atoms with E-state index < -0.39 is 23.8 Å². The van der Waals surface area contributed by atoms with Crippen LogP contribution in [0.2, 0.25) is 0 Å². The molecule has 0 aromatic rings. The molecule has 0 saturated heterocycles. The van der Waals surface area contributed by atoms with Crippen molar-refractivity contribution in [2.75, 3.05) is 0 Å². The third-order valence-electron chi connectivity index (χ3n) is 3.08. The maximum Gasteiger partial charge on any atom is 0.306 e. The minimum absolute atomic E-state index is 0.256. The number of hydrogen-bond acceptors (Lipinski definition) is 2. The van der Waals surface area contributed by atoms with Gasteiger partial charge in [0.2, 0.25) is 0 Å². The first kappa shape index (κ1) is 11.0. The number of carbonyl (C=O) groups is 2. The summed E-state index contributed by atoms with van der Waals surface area (Å²) in [4.78, 5) is 21.6. The molecule has 0 heterocycles. The number of hydrogen-bond donors (Lipinski definition) is 2. The van der Waals surface area contributed by atoms with Crippen molar-refractivity contribution in [1.29, 1.82) is 0 Å². The Bertz CT molecular complexity index is 214. The zero-order valence-electron chi connectivity index (χ0n) is 8.27. The molecule has 0 aromatic heterocycles. The molecular weight excluding hydrogens is 184 g/mol. The van der Waals surface area contributed by atoms with Crippen molar-refractivity contribution in [2.45, 2.75) is 32.6 Å². The zero-order valence-corrected chi connectivity index (χ0v) is 8.27. The molecule has 1 rings (SSSR count). The van der Waals surface area contributed by atoms with E-state index in [4.69, 9.17) is 10.2 Å². The highest BCUT2D eigenvalue weighted by molar-refractivity contribution is 5.74. The van der Waals surface area contributed by atoms with Crippen LogP contribution in [-0.2, 0) is 9.59 Å². The SMILES string of the molecule is CCC1C[C@@H](C(=O)O)C[C@@H](C(=O)O)C1. The largest absolute Gasteiger partial charge is 0.481 e. The lowest BCUT2D eigenvalue weighted by Gasteiger charge is -2.30. The molecule has 4 heteroatoms. The summed E-state index contributed by atoms with van der Waals surface area (Å²) < 4.78 is 0. The van der Waals surface area contributed by atoms with Crippen LogP contribution in [-0.4, -0.2) is 22.2 Å². The summed E-state index contributed by atoms with van der Waals surface area (Å²) >= 11 is 0. The number of rotatable bonds is 3. The van der Waals surface area contributed by atoms with Crippen molar-refractivity contribution < 1.29 is 19.8 Å². The van der Waals surface area contributed by atoms with Crippen LogP contribution in [0.4, 0.5) is 0 Å². The summed E-state index contributed by atoms with van der Waals surface area (Å²) in [6.45, 7) is 1.98. The van der Waals surface area contributed by atoms with Crippen LogP contribution in [0.15, 0.2) is 0 Å². The molecule has 3 atom stereocenters. The molecule has 0 aliphatic heterocycles. The van der Waals surface area contributed by atoms with Crippen LogP contribution in [0.5, 0.6) is 0 Å². The quantitative estimate of drug-likeness (QED) is 0.725. The highest BCUT2D eigenvalue weighted by Gasteiger charge is 2.35. The smallest absolute Gasteiger partial charge is 0.306 e. The molecule has 0 radical (unpaired) electrons. The van der Waals surface area contributed by atoms with Crippen molar-refractivity contribution >= 4 is 11.9 Å². The molecule has 1 aliphatic rings. The van der Waals surface area contributed by atoms with E-state index >= 15 is 0 Å². The maximum absolute atomic E-state index is 10.8. The molecular formula is C10H16O4. The second-order valence-corrected chi connectivity index (χ2v) is 4.05. The molecule has 0 amide bonds. The summed E-state index contributed by atoms with van der Waals surface area (Å²) in [7, 11) is 0. The van der Waals surface area contributed by atoms with Crippen LogP contribution in [0, 0.1) is 17.8 Å². The van der Waals surface area contributed by atoms with Crippen molar-refractivity contribution in [3.05, 3.63) is 0 Å². The Balaban J connectivity index is 2.66. The molecule has 0 spiro atoms. The fraction of sp³-hybridized carbons (Fsp3) is 0.800. The third kappa shape index (κ3) is 2.47. The monoisotopic (exact) mass is 200 g/mol. The average Bonchev–Trinajstić information content (AvgIpc) is 2.16. The van der Waals surface area contributed by atoms with Gasteiger partial charge in [-0.3, -0.25) is 9.59 Å². The fourth-order valence-corrected chi connectivity index (χ4v) is 2.17. The number of aliphatic carboxylic acids is 2. The van der Waals surface area contributed by atoms with Crippen LogP contribution < -0.4 is 0 Å². The third-order valence-corrected chi connectivity index (χ3v) is 3.08. The Morgan fingerprint density at radius 3 is 1.79 bits per heavy atom. The molecule has 1 aliphatic carbocycles. The van der Waals surface area contributed by atoms with Crippen molar-refractivity contribution in [2.24, 2.45) is 17.8 Å². The van der Waals surface area contributed by atoms with Gasteiger partial charge in [0.1, 0.15) is 0 Å². The van der Waals surface area contributed by atoms with E-state index in [-0.39, 0.29) is 5.92 Å². The molecule has 1 saturated carbocycles. The Morgan fingerprint density at radius 1 is 1.07 bits per heavy atom. The van der Waals surface area contributed by atoms with E-state index in [0.29, 0.717) is 19.3 Å². The van der Waals surface area contributed by atoms with Crippen LogP contribution in [0.1, 0.15) is 32.6 Å². The summed E-state index contributed by atoms with van der Waals surface area (Å²) in [6.07, 6.45) is 2.43. The molecule has 80 valence electrons. The lowest BCUT2D eigenvalue weighted by Crippen LogP contribution is -2.31. The molecule has 1 fully saturated rings. The minimum atomic E-state index is -0.852. The van der Waals surface area contributed by atoms with Crippen LogP contribution in [0.3, 0.4) is 0 Å². The average molecular weight is 200 g/mol. The normalized spacial score (nSPS) is 32.5. The fourth-order valence-electron chi connectivity index (χ4n) is 2.17. The van der Waals surface area contributed by atoms with Gasteiger partial charge in [0.05, 0.1) is 11.8 Å². The number of carboxylic acid groups (broad SMARTS) is 2. The maximum atomic E-state index is 10.8. The molecule has 0 aromatic carbocycles. The lowest BCUT2D eigenvalue weighted by molar-refractivity contribution is -0.149. The van der Waals surface area contributed by atoms with Gasteiger partial charge in [0.25, 0.3) is 0 Å². The van der Waals surface area contributed by atoms with E-state index in [2.05, 4.69) is 0 Å². The zero-order chi connectivity index (χ0) is 10.7. The van der Waals surface area contributed by atoms with Gasteiger partial charge in [0.15, 0.2) is 0 Å². The second-order valence-electron chi connectivity index (χ2n) is 4.05. The summed E-state index contributed by atoms with van der Waals surface area (Å²) in [5, 5.41) is 17.7. The first-order chi connectivity index (χ1) is 6.54. The Morgan fingerprint density at radius 2 is 1.50 bits per heavy atom. The topological polar surface area (TPSA) is 74.6 Å². The van der Waals surface area contributed by atoms with Gasteiger partial charge in [-0.2, -0.15) is 0 Å². The first-order valence-electron chi connectivity index (χ1n) is 5.00. The summed E-state index contributed by atoms with van der Waals surface area (Å²) in [5.41, 5.74) is 0. The molecule has 1 unspecified atom stereocenters. The van der Waals surface area contributed by atoms with E-state index in [1.165, 1.54) is 0 Å². The van der Waals surface area contributed by atoms with Gasteiger partial charge in [-0.1, -0.05) is 13.3 Å². The van der Waals surface area contributed by atoms with E-state index in [1.54, 1.807) is 0 Å². The van der Waals surface area contributed by atoms with E-state index in [0.717, 1.165) is 6.42 Å². The van der Waals surface area contributed by atoms with Gasteiger partial charge in [-0.05, 0) is 25.2 Å². The van der Waals surface area contributed by atoms with E-state index in [9.17, 15) is 9.59 Å². The Kier molecular flexibility index (Phi) is 3.49. The highest BCUT2D eigenvalue weighted by atomic mass is 16.4. The van der Waals surface area contributed by atoms with Gasteiger partial charge in [-0.25, -0.2) is 0 Å². The van der Waals surface area contributed by atoms with Crippen molar-refractivity contribution in [1.82, 2.24) is 0 Å². The van der Waals surface area contributed by atoms with Crippen molar-refractivity contribution in [3.8, 4) is 0 Å². The molecule has 4 nitrogen and oxygen atoms in total. The molecule has 14 heavy (non-hydrogen) atoms. The number of carboxylic acids is 2. The van der Waals surface area contributed by atoms with Gasteiger partial charge < -0.3 is 10.2 Å². The predicted molar refractivity (Wildman–Crippen MR) is 49.9 cm³/mol. The Labute approximate surface area is 82.9 Å². The van der Waals surface area contributed by atoms with Gasteiger partial charge >= 0.3 is 11.9 Å². The highest BCUT2D eigenvalue weighted by Crippen LogP contribution is 2.35. The minimum Gasteiger partial charge on any atom is -0.481 e. The predicted octanol–water partition coefficient (Wildman–Crippen LogP) is 1.60. The van der Waals surface area contributed by atoms with Gasteiger partial charge in [0, 0.05) is 0 Å².